The van der Waals surface area contributed by atoms with E-state index >= 15 is 0 Å². The van der Waals surface area contributed by atoms with Crippen LogP contribution >= 0.6 is 11.3 Å². The van der Waals surface area contributed by atoms with Crippen molar-refractivity contribution in [3.8, 4) is 0 Å². The Kier molecular flexibility index (Phi) is 7.84. The van der Waals surface area contributed by atoms with Crippen molar-refractivity contribution in [3.05, 3.63) is 139 Å². The van der Waals surface area contributed by atoms with E-state index in [0.29, 0.717) is 26.5 Å². The fourth-order valence-electron chi connectivity index (χ4n) is 4.64. The minimum atomic E-state index is -0.669. The molecule has 0 saturated carbocycles. The molecule has 1 aliphatic rings. The Morgan fingerprint density at radius 2 is 1.67 bits per heavy atom. The van der Waals surface area contributed by atoms with Gasteiger partial charge >= 0.3 is 5.97 Å². The molecule has 0 saturated heterocycles. The second kappa shape index (κ2) is 11.6. The molecule has 0 unspecified atom stereocenters. The van der Waals surface area contributed by atoms with Crippen LogP contribution in [0.5, 0.6) is 0 Å². The average Bonchev–Trinajstić information content (AvgIpc) is 3.28. The topological polar surface area (TPSA) is 60.7 Å². The molecular formula is C33H30N2O3S. The molecule has 0 spiro atoms. The van der Waals surface area contributed by atoms with E-state index in [2.05, 4.69) is 26.0 Å². The second-order valence-electron chi connectivity index (χ2n) is 9.54. The standard InChI is InChI=1S/C33H30N2O3S/c1-4-38-32(37)28-29(25-15-9-6-10-16-25)34-33-35(30(28)26-20-18-24(19-21-26)22(2)3)31(36)27(39-33)17-11-14-23-12-7-5-8-13-23/h5-22,30H,4H2,1-3H3/b14-11+,27-17+/t30-/m0/s1. The quantitative estimate of drug-likeness (QED) is 0.285. The number of thiazole rings is 1. The van der Waals surface area contributed by atoms with Gasteiger partial charge in [0.05, 0.1) is 28.5 Å². The lowest BCUT2D eigenvalue weighted by atomic mass is 9.91. The summed E-state index contributed by atoms with van der Waals surface area (Å²) in [6, 6.07) is 27.0. The smallest absolute Gasteiger partial charge is 0.338 e. The third kappa shape index (κ3) is 5.47. The van der Waals surface area contributed by atoms with Gasteiger partial charge in [0, 0.05) is 5.56 Å². The van der Waals surface area contributed by atoms with Crippen LogP contribution in [0.1, 0.15) is 55.0 Å². The maximum Gasteiger partial charge on any atom is 0.338 e. The molecule has 0 fully saturated rings. The van der Waals surface area contributed by atoms with Crippen molar-refractivity contribution in [1.82, 2.24) is 4.57 Å². The molecule has 196 valence electrons. The Hall–Kier alpha value is -4.29. The Bertz CT molecular complexity index is 1710. The van der Waals surface area contributed by atoms with Crippen LogP contribution in [0.4, 0.5) is 0 Å². The summed E-state index contributed by atoms with van der Waals surface area (Å²) in [5, 5.41) is 0. The monoisotopic (exact) mass is 534 g/mol. The molecule has 4 aromatic rings. The number of hydrogen-bond donors (Lipinski definition) is 0. The maximum atomic E-state index is 13.9. The summed E-state index contributed by atoms with van der Waals surface area (Å²) in [5.41, 5.74) is 4.55. The van der Waals surface area contributed by atoms with Gasteiger partial charge in [-0.15, -0.1) is 0 Å². The van der Waals surface area contributed by atoms with Gasteiger partial charge in [0.15, 0.2) is 4.80 Å². The predicted octanol–water partition coefficient (Wildman–Crippen LogP) is 5.72. The Labute approximate surface area is 231 Å². The Balaban J connectivity index is 1.74. The maximum absolute atomic E-state index is 13.9. The van der Waals surface area contributed by atoms with Crippen molar-refractivity contribution in [2.24, 2.45) is 4.99 Å². The molecule has 0 radical (unpaired) electrons. The molecular weight excluding hydrogens is 504 g/mol. The first-order valence-corrected chi connectivity index (χ1v) is 13.9. The zero-order valence-corrected chi connectivity index (χ0v) is 23.0. The fraction of sp³-hybridized carbons (Fsp3) is 0.182. The van der Waals surface area contributed by atoms with Gasteiger partial charge in [0.1, 0.15) is 0 Å². The molecule has 1 aliphatic heterocycles. The molecule has 0 N–H and O–H groups in total. The van der Waals surface area contributed by atoms with E-state index in [1.165, 1.54) is 16.9 Å². The highest BCUT2D eigenvalue weighted by Gasteiger charge is 2.35. The van der Waals surface area contributed by atoms with E-state index in [4.69, 9.17) is 9.73 Å². The van der Waals surface area contributed by atoms with Crippen molar-refractivity contribution in [3.63, 3.8) is 0 Å². The first-order valence-electron chi connectivity index (χ1n) is 13.1. The molecule has 2 heterocycles. The summed E-state index contributed by atoms with van der Waals surface area (Å²) < 4.78 is 7.71. The van der Waals surface area contributed by atoms with Crippen LogP contribution in [0.2, 0.25) is 0 Å². The number of carbonyl (C=O) groups is 1. The van der Waals surface area contributed by atoms with Crippen LogP contribution in [0.15, 0.2) is 106 Å². The number of aromatic nitrogens is 1. The molecule has 0 bridgehead atoms. The summed E-state index contributed by atoms with van der Waals surface area (Å²) >= 11 is 1.32. The second-order valence-corrected chi connectivity index (χ2v) is 10.6. The van der Waals surface area contributed by atoms with Crippen molar-refractivity contribution in [1.29, 1.82) is 0 Å². The fourth-order valence-corrected chi connectivity index (χ4v) is 5.60. The van der Waals surface area contributed by atoms with Crippen molar-refractivity contribution >= 4 is 35.2 Å². The molecule has 0 aliphatic carbocycles. The van der Waals surface area contributed by atoms with Crippen LogP contribution in [0.25, 0.3) is 17.8 Å². The first-order chi connectivity index (χ1) is 19.0. The van der Waals surface area contributed by atoms with E-state index < -0.39 is 12.0 Å². The van der Waals surface area contributed by atoms with Gasteiger partial charge < -0.3 is 4.74 Å². The minimum Gasteiger partial charge on any atom is -0.463 e. The number of esters is 1. The van der Waals surface area contributed by atoms with Crippen molar-refractivity contribution < 1.29 is 9.53 Å². The number of hydrogen-bond acceptors (Lipinski definition) is 5. The number of fused-ring (bicyclic) bond motifs is 1. The number of rotatable bonds is 7. The minimum absolute atomic E-state index is 0.191. The Morgan fingerprint density at radius 3 is 2.31 bits per heavy atom. The summed E-state index contributed by atoms with van der Waals surface area (Å²) in [6.07, 6.45) is 5.64. The predicted molar refractivity (Wildman–Crippen MR) is 158 cm³/mol. The normalized spacial score (nSPS) is 15.5. The van der Waals surface area contributed by atoms with E-state index in [-0.39, 0.29) is 12.2 Å². The van der Waals surface area contributed by atoms with Crippen LogP contribution < -0.4 is 14.9 Å². The van der Waals surface area contributed by atoms with Crippen LogP contribution in [0, 0.1) is 0 Å². The molecule has 3 aromatic carbocycles. The average molecular weight is 535 g/mol. The van der Waals surface area contributed by atoms with Crippen molar-refractivity contribution in [2.45, 2.75) is 32.7 Å². The first kappa shape index (κ1) is 26.3. The Morgan fingerprint density at radius 1 is 1.00 bits per heavy atom. The van der Waals surface area contributed by atoms with E-state index in [9.17, 15) is 9.59 Å². The van der Waals surface area contributed by atoms with Crippen LogP contribution in [-0.4, -0.2) is 17.1 Å². The molecule has 39 heavy (non-hydrogen) atoms. The molecule has 5 nitrogen and oxygen atoms in total. The van der Waals surface area contributed by atoms with Gasteiger partial charge in [-0.05, 0) is 35.6 Å². The lowest BCUT2D eigenvalue weighted by molar-refractivity contribution is -0.138. The largest absolute Gasteiger partial charge is 0.463 e. The van der Waals surface area contributed by atoms with E-state index in [1.807, 2.05) is 91.0 Å². The summed E-state index contributed by atoms with van der Waals surface area (Å²) in [7, 11) is 0. The third-order valence-electron chi connectivity index (χ3n) is 6.63. The number of allylic oxidation sites excluding steroid dienone is 1. The van der Waals surface area contributed by atoms with E-state index in [1.54, 1.807) is 11.5 Å². The lowest BCUT2D eigenvalue weighted by Crippen LogP contribution is -2.39. The number of nitrogens with zero attached hydrogens (tertiary/aromatic N) is 2. The van der Waals surface area contributed by atoms with Gasteiger partial charge in [-0.1, -0.05) is 122 Å². The lowest BCUT2D eigenvalue weighted by Gasteiger charge is -2.26. The molecule has 6 heteroatoms. The number of benzene rings is 3. The number of carbonyl (C=O) groups excluding carboxylic acids is 1. The zero-order chi connectivity index (χ0) is 27.4. The zero-order valence-electron chi connectivity index (χ0n) is 22.2. The molecule has 5 rings (SSSR count). The van der Waals surface area contributed by atoms with Gasteiger partial charge in [0.2, 0.25) is 0 Å². The highest BCUT2D eigenvalue weighted by Crippen LogP contribution is 2.35. The van der Waals surface area contributed by atoms with Crippen LogP contribution in [0.3, 0.4) is 0 Å². The highest BCUT2D eigenvalue weighted by atomic mass is 32.1. The number of ether oxygens (including phenoxy) is 1. The van der Waals surface area contributed by atoms with Crippen LogP contribution in [-0.2, 0) is 9.53 Å². The SMILES string of the molecule is CCOC(=O)C1=C(c2ccccc2)N=c2s/c(=C/C=C/c3ccccc3)c(=O)n2[C@H]1c1ccc(C(C)C)cc1. The summed E-state index contributed by atoms with van der Waals surface area (Å²) in [5.74, 6) is -0.117. The summed E-state index contributed by atoms with van der Waals surface area (Å²) in [6.45, 7) is 6.27. The molecule has 1 atom stereocenters. The van der Waals surface area contributed by atoms with Gasteiger partial charge in [-0.25, -0.2) is 9.79 Å². The molecule has 1 aromatic heterocycles. The van der Waals surface area contributed by atoms with Gasteiger partial charge in [0.25, 0.3) is 5.56 Å². The third-order valence-corrected chi connectivity index (χ3v) is 7.63. The van der Waals surface area contributed by atoms with Gasteiger partial charge in [-0.2, -0.15) is 0 Å². The van der Waals surface area contributed by atoms with Crippen molar-refractivity contribution in [2.75, 3.05) is 6.61 Å². The van der Waals surface area contributed by atoms with Gasteiger partial charge in [-0.3, -0.25) is 9.36 Å². The van der Waals surface area contributed by atoms with E-state index in [0.717, 1.165) is 16.7 Å². The molecule has 0 amide bonds. The summed E-state index contributed by atoms with van der Waals surface area (Å²) in [4.78, 5) is 32.8. The highest BCUT2D eigenvalue weighted by molar-refractivity contribution is 7.07.